The molecule has 3 heterocycles. The summed E-state index contributed by atoms with van der Waals surface area (Å²) in [5.41, 5.74) is 7.59. The zero-order chi connectivity index (χ0) is 13.1. The minimum absolute atomic E-state index is 0.702. The number of rotatable bonds is 4. The van der Waals surface area contributed by atoms with Crippen LogP contribution >= 0.6 is 11.3 Å². The van der Waals surface area contributed by atoms with Crippen molar-refractivity contribution in [3.8, 4) is 5.82 Å². The fourth-order valence-corrected chi connectivity index (χ4v) is 2.37. The molecule has 0 saturated carbocycles. The quantitative estimate of drug-likeness (QED) is 0.758. The molecule has 0 aliphatic carbocycles. The maximum absolute atomic E-state index is 5.83. The highest BCUT2D eigenvalue weighted by Gasteiger charge is 2.02. The number of nitrogens with two attached hydrogens (primary N) is 1. The van der Waals surface area contributed by atoms with Gasteiger partial charge < -0.3 is 11.1 Å². The van der Waals surface area contributed by atoms with Gasteiger partial charge in [-0.3, -0.25) is 0 Å². The lowest BCUT2D eigenvalue weighted by Crippen LogP contribution is -2.02. The molecule has 0 amide bonds. The molecular formula is C12H12N6S. The topological polar surface area (TPSA) is 81.6 Å². The first-order valence-corrected chi connectivity index (χ1v) is 6.57. The molecule has 0 unspecified atom stereocenters. The van der Waals surface area contributed by atoms with Crippen LogP contribution in [0.25, 0.3) is 5.82 Å². The average Bonchev–Trinajstić information content (AvgIpc) is 3.09. The molecule has 0 saturated heterocycles. The van der Waals surface area contributed by atoms with Crippen molar-refractivity contribution in [3.63, 3.8) is 0 Å². The second-order valence-corrected chi connectivity index (χ2v) is 4.90. The summed E-state index contributed by atoms with van der Waals surface area (Å²) in [5, 5.41) is 9.29. The minimum atomic E-state index is 0.702. The highest BCUT2D eigenvalue weighted by molar-refractivity contribution is 7.10. The number of hydrogen-bond donors (Lipinski definition) is 2. The Balaban J connectivity index is 1.68. The molecule has 3 N–H and O–H groups in total. The Labute approximate surface area is 113 Å². The van der Waals surface area contributed by atoms with Crippen LogP contribution in [0.4, 0.5) is 11.4 Å². The Hall–Kier alpha value is -2.41. The van der Waals surface area contributed by atoms with Gasteiger partial charge in [-0.1, -0.05) is 0 Å². The third kappa shape index (κ3) is 2.55. The van der Waals surface area contributed by atoms with Crippen LogP contribution in [0.5, 0.6) is 0 Å². The van der Waals surface area contributed by atoms with Gasteiger partial charge in [0.1, 0.15) is 12.7 Å². The van der Waals surface area contributed by atoms with Gasteiger partial charge in [0.25, 0.3) is 0 Å². The third-order valence-corrected chi connectivity index (χ3v) is 3.57. The number of thiophene rings is 1. The fraction of sp³-hybridized carbons (Fsp3) is 0.0833. The van der Waals surface area contributed by atoms with Crippen molar-refractivity contribution in [2.24, 2.45) is 0 Å². The molecule has 0 spiro atoms. The summed E-state index contributed by atoms with van der Waals surface area (Å²) in [6, 6.07) is 5.75. The summed E-state index contributed by atoms with van der Waals surface area (Å²) in [6.07, 6.45) is 4.86. The van der Waals surface area contributed by atoms with Crippen molar-refractivity contribution in [2.45, 2.75) is 6.54 Å². The molecule has 0 bridgehead atoms. The molecule has 0 fully saturated rings. The van der Waals surface area contributed by atoms with Crippen LogP contribution in [0.15, 0.2) is 42.4 Å². The first-order chi connectivity index (χ1) is 9.33. The lowest BCUT2D eigenvalue weighted by molar-refractivity contribution is 0.845. The molecule has 0 aliphatic rings. The van der Waals surface area contributed by atoms with E-state index in [0.29, 0.717) is 6.54 Å². The van der Waals surface area contributed by atoms with E-state index >= 15 is 0 Å². The van der Waals surface area contributed by atoms with Crippen LogP contribution in [0.3, 0.4) is 0 Å². The number of nitrogen functional groups attached to an aromatic ring is 1. The van der Waals surface area contributed by atoms with E-state index in [2.05, 4.69) is 20.4 Å². The number of nitrogens with zero attached hydrogens (tertiary/aromatic N) is 4. The molecule has 7 heteroatoms. The first-order valence-electron chi connectivity index (χ1n) is 5.70. The van der Waals surface area contributed by atoms with Crippen molar-refractivity contribution in [3.05, 3.63) is 47.3 Å². The molecule has 3 aromatic heterocycles. The van der Waals surface area contributed by atoms with E-state index in [9.17, 15) is 0 Å². The average molecular weight is 272 g/mol. The zero-order valence-electron chi connectivity index (χ0n) is 10.0. The number of pyridine rings is 1. The predicted octanol–water partition coefficient (Wildman–Crippen LogP) is 1.92. The maximum atomic E-state index is 5.83. The molecular weight excluding hydrogens is 260 g/mol. The Morgan fingerprint density at radius 1 is 1.32 bits per heavy atom. The standard InChI is InChI=1S/C12H12N6S/c13-10-3-4-19-11(10)6-15-9-1-2-12(16-5-9)18-8-14-7-17-18/h1-5,7-8,15H,6,13H2. The predicted molar refractivity (Wildman–Crippen MR) is 75.2 cm³/mol. The number of hydrogen-bond acceptors (Lipinski definition) is 6. The summed E-state index contributed by atoms with van der Waals surface area (Å²) < 4.78 is 1.61. The van der Waals surface area contributed by atoms with Gasteiger partial charge in [0.05, 0.1) is 18.4 Å². The van der Waals surface area contributed by atoms with E-state index in [1.807, 2.05) is 23.6 Å². The molecule has 0 aliphatic heterocycles. The van der Waals surface area contributed by atoms with Crippen LogP contribution in [-0.4, -0.2) is 19.7 Å². The second kappa shape index (κ2) is 5.07. The Morgan fingerprint density at radius 3 is 2.89 bits per heavy atom. The van der Waals surface area contributed by atoms with Gasteiger partial charge in [0.15, 0.2) is 5.82 Å². The molecule has 0 radical (unpaired) electrons. The van der Waals surface area contributed by atoms with E-state index in [1.165, 1.54) is 6.33 Å². The summed E-state index contributed by atoms with van der Waals surface area (Å²) in [6.45, 7) is 0.702. The zero-order valence-corrected chi connectivity index (χ0v) is 10.8. The van der Waals surface area contributed by atoms with Gasteiger partial charge in [0, 0.05) is 10.6 Å². The summed E-state index contributed by atoms with van der Waals surface area (Å²) in [5.74, 6) is 0.735. The van der Waals surface area contributed by atoms with Gasteiger partial charge in [-0.15, -0.1) is 11.3 Å². The van der Waals surface area contributed by atoms with Crippen molar-refractivity contribution in [1.82, 2.24) is 19.7 Å². The maximum Gasteiger partial charge on any atom is 0.155 e. The van der Waals surface area contributed by atoms with Crippen LogP contribution in [0, 0.1) is 0 Å². The smallest absolute Gasteiger partial charge is 0.155 e. The molecule has 96 valence electrons. The van der Waals surface area contributed by atoms with E-state index in [4.69, 9.17) is 5.73 Å². The summed E-state index contributed by atoms with van der Waals surface area (Å²) in [7, 11) is 0. The van der Waals surface area contributed by atoms with Gasteiger partial charge >= 0.3 is 0 Å². The summed E-state index contributed by atoms with van der Waals surface area (Å²) >= 11 is 1.64. The summed E-state index contributed by atoms with van der Waals surface area (Å²) in [4.78, 5) is 9.32. The molecule has 19 heavy (non-hydrogen) atoms. The number of nitrogens with one attached hydrogen (secondary N) is 1. The largest absolute Gasteiger partial charge is 0.398 e. The lowest BCUT2D eigenvalue weighted by Gasteiger charge is -2.06. The normalized spacial score (nSPS) is 10.5. The first kappa shape index (κ1) is 11.7. The minimum Gasteiger partial charge on any atom is -0.398 e. The van der Waals surface area contributed by atoms with E-state index in [1.54, 1.807) is 28.5 Å². The van der Waals surface area contributed by atoms with Crippen LogP contribution in [0.1, 0.15) is 4.88 Å². The number of anilines is 2. The highest BCUT2D eigenvalue weighted by Crippen LogP contribution is 2.20. The Morgan fingerprint density at radius 2 is 2.26 bits per heavy atom. The molecule has 3 aromatic rings. The van der Waals surface area contributed by atoms with Crippen LogP contribution in [0.2, 0.25) is 0 Å². The van der Waals surface area contributed by atoms with Gasteiger partial charge in [0.2, 0.25) is 0 Å². The van der Waals surface area contributed by atoms with Crippen molar-refractivity contribution in [2.75, 3.05) is 11.1 Å². The van der Waals surface area contributed by atoms with Gasteiger partial charge in [-0.2, -0.15) is 5.10 Å². The molecule has 0 aromatic carbocycles. The Kier molecular flexibility index (Phi) is 3.11. The van der Waals surface area contributed by atoms with E-state index in [-0.39, 0.29) is 0 Å². The van der Waals surface area contributed by atoms with Crippen molar-refractivity contribution in [1.29, 1.82) is 0 Å². The van der Waals surface area contributed by atoms with Crippen LogP contribution < -0.4 is 11.1 Å². The molecule has 6 nitrogen and oxygen atoms in total. The van der Waals surface area contributed by atoms with Gasteiger partial charge in [-0.25, -0.2) is 14.6 Å². The van der Waals surface area contributed by atoms with Crippen LogP contribution in [-0.2, 0) is 6.54 Å². The third-order valence-electron chi connectivity index (χ3n) is 2.63. The lowest BCUT2D eigenvalue weighted by atomic mass is 10.3. The molecule has 0 atom stereocenters. The van der Waals surface area contributed by atoms with Crippen molar-refractivity contribution < 1.29 is 0 Å². The SMILES string of the molecule is Nc1ccsc1CNc1ccc(-n2cncn2)nc1. The Bertz CT molecular complexity index is 643. The van der Waals surface area contributed by atoms with E-state index < -0.39 is 0 Å². The highest BCUT2D eigenvalue weighted by atomic mass is 32.1. The van der Waals surface area contributed by atoms with E-state index in [0.717, 1.165) is 22.1 Å². The second-order valence-electron chi connectivity index (χ2n) is 3.90. The molecule has 3 rings (SSSR count). The number of aromatic nitrogens is 4. The fourth-order valence-electron chi connectivity index (χ4n) is 1.63. The van der Waals surface area contributed by atoms with Crippen molar-refractivity contribution >= 4 is 22.7 Å². The van der Waals surface area contributed by atoms with Gasteiger partial charge in [-0.05, 0) is 23.6 Å². The monoisotopic (exact) mass is 272 g/mol.